The fraction of sp³-hybridized carbons (Fsp3) is 0.0400. The highest BCUT2D eigenvalue weighted by atomic mass is 16.3. The first-order valence-electron chi connectivity index (χ1n) is 18.2. The molecule has 2 aromatic heterocycles. The molecule has 11 rings (SSSR count). The molecule has 1 aliphatic carbocycles. The third kappa shape index (κ3) is 4.28. The fourth-order valence-electron chi connectivity index (χ4n) is 8.93. The van der Waals surface area contributed by atoms with Gasteiger partial charge in [-0.05, 0) is 88.3 Å². The lowest BCUT2D eigenvalue weighted by Crippen LogP contribution is -2.23. The number of fused-ring (bicyclic) bond motifs is 9. The topological polar surface area (TPSA) is 29.5 Å². The standard InChI is InChI=1S/C50H33NO2/c1-50(39-20-9-5-16-35(39)36-17-6-10-21-40(36)50)41-30-31-43(49-47(41)37-18-7-12-24-45(37)53-49)51(34-28-26-33(27-29-34)32-14-3-2-4-15-32)42-22-13-25-46-48(42)38-19-8-11-23-44(38)52-46/h2-31H,1H3. The summed E-state index contributed by atoms with van der Waals surface area (Å²) in [5.41, 5.74) is 14.8. The molecule has 8 aromatic carbocycles. The van der Waals surface area contributed by atoms with Gasteiger partial charge in [-0.3, -0.25) is 0 Å². The molecule has 1 aliphatic rings. The Bertz CT molecular complexity index is 2980. The SMILES string of the molecule is CC1(c2ccc(N(c3ccc(-c4ccccc4)cc3)c3cccc4oc5ccccc5c34)c3oc4ccccc4c23)c2ccccc2-c2ccccc21. The summed E-state index contributed by atoms with van der Waals surface area (Å²) in [4.78, 5) is 2.35. The van der Waals surface area contributed by atoms with E-state index in [1.807, 2.05) is 12.1 Å². The third-order valence-corrected chi connectivity index (χ3v) is 11.4. The summed E-state index contributed by atoms with van der Waals surface area (Å²) in [5, 5.41) is 4.37. The van der Waals surface area contributed by atoms with Gasteiger partial charge in [-0.2, -0.15) is 0 Å². The smallest absolute Gasteiger partial charge is 0.159 e. The molecule has 3 nitrogen and oxygen atoms in total. The van der Waals surface area contributed by atoms with Gasteiger partial charge in [-0.15, -0.1) is 0 Å². The molecular formula is C50H33NO2. The molecule has 0 radical (unpaired) electrons. The Balaban J connectivity index is 1.22. The Kier molecular flexibility index (Phi) is 6.38. The minimum atomic E-state index is -0.403. The van der Waals surface area contributed by atoms with E-state index >= 15 is 0 Å². The maximum atomic E-state index is 7.04. The largest absolute Gasteiger partial charge is 0.456 e. The summed E-state index contributed by atoms with van der Waals surface area (Å²) >= 11 is 0. The third-order valence-electron chi connectivity index (χ3n) is 11.4. The Labute approximate surface area is 307 Å². The number of nitrogens with zero attached hydrogens (tertiary/aromatic N) is 1. The van der Waals surface area contributed by atoms with Gasteiger partial charge in [0.25, 0.3) is 0 Å². The van der Waals surface area contributed by atoms with E-state index in [0.717, 1.165) is 66.5 Å². The van der Waals surface area contributed by atoms with E-state index < -0.39 is 5.41 Å². The van der Waals surface area contributed by atoms with E-state index in [1.165, 1.54) is 33.4 Å². The lowest BCUT2D eigenvalue weighted by molar-refractivity contribution is 0.666. The number of hydrogen-bond donors (Lipinski definition) is 0. The highest BCUT2D eigenvalue weighted by molar-refractivity contribution is 6.17. The summed E-state index contributed by atoms with van der Waals surface area (Å²) in [7, 11) is 0. The maximum Gasteiger partial charge on any atom is 0.159 e. The van der Waals surface area contributed by atoms with Crippen LogP contribution in [-0.2, 0) is 5.41 Å². The van der Waals surface area contributed by atoms with E-state index in [1.54, 1.807) is 0 Å². The van der Waals surface area contributed by atoms with Gasteiger partial charge in [0.05, 0.1) is 16.8 Å². The predicted octanol–water partition coefficient (Wildman–Crippen LogP) is 14.0. The van der Waals surface area contributed by atoms with Crippen molar-refractivity contribution in [2.24, 2.45) is 0 Å². The second kappa shape index (κ2) is 11.3. The molecule has 0 bridgehead atoms. The van der Waals surface area contributed by atoms with Crippen molar-refractivity contribution in [2.45, 2.75) is 12.3 Å². The number of hydrogen-bond acceptors (Lipinski definition) is 3. The van der Waals surface area contributed by atoms with Crippen molar-refractivity contribution in [3.8, 4) is 22.3 Å². The first kappa shape index (κ1) is 29.8. The van der Waals surface area contributed by atoms with Crippen LogP contribution in [0.4, 0.5) is 17.1 Å². The van der Waals surface area contributed by atoms with E-state index in [0.29, 0.717) is 0 Å². The van der Waals surface area contributed by atoms with Gasteiger partial charge < -0.3 is 13.7 Å². The molecule has 0 amide bonds. The molecular weight excluding hydrogens is 647 g/mol. The highest BCUT2D eigenvalue weighted by Crippen LogP contribution is 2.56. The van der Waals surface area contributed by atoms with E-state index in [9.17, 15) is 0 Å². The molecule has 3 heteroatoms. The van der Waals surface area contributed by atoms with Gasteiger partial charge in [0.2, 0.25) is 0 Å². The van der Waals surface area contributed by atoms with Gasteiger partial charge in [0, 0.05) is 27.3 Å². The quantitative estimate of drug-likeness (QED) is 0.181. The number of rotatable bonds is 5. The van der Waals surface area contributed by atoms with Crippen LogP contribution in [0.3, 0.4) is 0 Å². The summed E-state index contributed by atoms with van der Waals surface area (Å²) < 4.78 is 13.5. The maximum absolute atomic E-state index is 7.04. The van der Waals surface area contributed by atoms with Gasteiger partial charge >= 0.3 is 0 Å². The molecule has 250 valence electrons. The molecule has 0 unspecified atom stereocenters. The van der Waals surface area contributed by atoms with Gasteiger partial charge in [-0.25, -0.2) is 0 Å². The molecule has 10 aromatic rings. The van der Waals surface area contributed by atoms with Crippen molar-refractivity contribution in [2.75, 3.05) is 4.90 Å². The highest BCUT2D eigenvalue weighted by Gasteiger charge is 2.42. The van der Waals surface area contributed by atoms with Crippen molar-refractivity contribution in [1.29, 1.82) is 0 Å². The van der Waals surface area contributed by atoms with Gasteiger partial charge in [0.15, 0.2) is 5.58 Å². The zero-order chi connectivity index (χ0) is 35.1. The summed E-state index contributed by atoms with van der Waals surface area (Å²) in [5.74, 6) is 0. The summed E-state index contributed by atoms with van der Waals surface area (Å²) in [6, 6.07) is 64.9. The molecule has 53 heavy (non-hydrogen) atoms. The summed E-state index contributed by atoms with van der Waals surface area (Å²) in [6.07, 6.45) is 0. The average Bonchev–Trinajstić information content (AvgIpc) is 3.88. The van der Waals surface area contributed by atoms with Crippen LogP contribution in [0, 0.1) is 0 Å². The van der Waals surface area contributed by atoms with E-state index in [2.05, 4.69) is 182 Å². The average molecular weight is 680 g/mol. The molecule has 0 spiro atoms. The molecule has 0 atom stereocenters. The molecule has 0 fully saturated rings. The first-order valence-corrected chi connectivity index (χ1v) is 18.2. The van der Waals surface area contributed by atoms with Gasteiger partial charge in [0.1, 0.15) is 16.7 Å². The van der Waals surface area contributed by atoms with Crippen LogP contribution < -0.4 is 4.90 Å². The monoisotopic (exact) mass is 679 g/mol. The molecule has 0 N–H and O–H groups in total. The molecule has 2 heterocycles. The zero-order valence-electron chi connectivity index (χ0n) is 29.1. The Hall–Kier alpha value is -6.84. The van der Waals surface area contributed by atoms with Crippen LogP contribution in [0.15, 0.2) is 191 Å². The van der Waals surface area contributed by atoms with Crippen molar-refractivity contribution >= 4 is 60.9 Å². The Morgan fingerprint density at radius 1 is 0.396 bits per heavy atom. The van der Waals surface area contributed by atoms with E-state index in [-0.39, 0.29) is 0 Å². The number of anilines is 3. The van der Waals surface area contributed by atoms with Crippen molar-refractivity contribution < 1.29 is 8.83 Å². The zero-order valence-corrected chi connectivity index (χ0v) is 29.1. The van der Waals surface area contributed by atoms with Crippen LogP contribution in [0.25, 0.3) is 66.1 Å². The minimum Gasteiger partial charge on any atom is -0.456 e. The molecule has 0 saturated carbocycles. The Morgan fingerprint density at radius 2 is 0.962 bits per heavy atom. The van der Waals surface area contributed by atoms with Crippen LogP contribution in [0.1, 0.15) is 23.6 Å². The number of para-hydroxylation sites is 2. The van der Waals surface area contributed by atoms with Crippen molar-refractivity contribution in [3.05, 3.63) is 199 Å². The van der Waals surface area contributed by atoms with Crippen LogP contribution in [0.2, 0.25) is 0 Å². The first-order chi connectivity index (χ1) is 26.2. The number of furan rings is 2. The molecule has 0 aliphatic heterocycles. The number of benzene rings is 8. The fourth-order valence-corrected chi connectivity index (χ4v) is 8.93. The Morgan fingerprint density at radius 3 is 1.68 bits per heavy atom. The van der Waals surface area contributed by atoms with Crippen LogP contribution >= 0.6 is 0 Å². The lowest BCUT2D eigenvalue weighted by Gasteiger charge is -2.31. The van der Waals surface area contributed by atoms with Gasteiger partial charge in [-0.1, -0.05) is 140 Å². The summed E-state index contributed by atoms with van der Waals surface area (Å²) in [6.45, 7) is 2.38. The predicted molar refractivity (Wildman–Crippen MR) is 219 cm³/mol. The second-order valence-corrected chi connectivity index (χ2v) is 14.1. The van der Waals surface area contributed by atoms with Crippen LogP contribution in [0.5, 0.6) is 0 Å². The van der Waals surface area contributed by atoms with Crippen molar-refractivity contribution in [3.63, 3.8) is 0 Å². The second-order valence-electron chi connectivity index (χ2n) is 14.1. The van der Waals surface area contributed by atoms with Crippen LogP contribution in [-0.4, -0.2) is 0 Å². The molecule has 0 saturated heterocycles. The lowest BCUT2D eigenvalue weighted by atomic mass is 9.72. The van der Waals surface area contributed by atoms with Crippen molar-refractivity contribution in [1.82, 2.24) is 0 Å². The normalized spacial score (nSPS) is 13.2. The minimum absolute atomic E-state index is 0.403. The van der Waals surface area contributed by atoms with E-state index in [4.69, 9.17) is 8.83 Å².